The number of tetrazole rings is 1. The second-order valence-corrected chi connectivity index (χ2v) is 9.56. The van der Waals surface area contributed by atoms with Gasteiger partial charge in [0.15, 0.2) is 5.82 Å². The van der Waals surface area contributed by atoms with Crippen LogP contribution in [0.5, 0.6) is 5.75 Å². The Kier molecular flexibility index (Phi) is 7.85. The molecule has 1 aliphatic carbocycles. The van der Waals surface area contributed by atoms with E-state index in [1.54, 1.807) is 18.2 Å². The first-order valence-corrected chi connectivity index (χ1v) is 12.8. The highest BCUT2D eigenvalue weighted by Crippen LogP contribution is 2.39. The van der Waals surface area contributed by atoms with Gasteiger partial charge in [0.05, 0.1) is 6.04 Å². The minimum atomic E-state index is -4.79. The smallest absolute Gasteiger partial charge is 0.405 e. The van der Waals surface area contributed by atoms with E-state index >= 15 is 0 Å². The molecule has 0 N–H and O–H groups in total. The third-order valence-corrected chi connectivity index (χ3v) is 7.12. The molecule has 1 atom stereocenters. The molecule has 0 radical (unpaired) electrons. The van der Waals surface area contributed by atoms with Gasteiger partial charge in [0.2, 0.25) is 0 Å². The van der Waals surface area contributed by atoms with Crippen LogP contribution in [0.2, 0.25) is 0 Å². The number of hydrogen-bond donors (Lipinski definition) is 0. The van der Waals surface area contributed by atoms with E-state index in [0.717, 1.165) is 50.9 Å². The Bertz CT molecular complexity index is 1170. The predicted molar refractivity (Wildman–Crippen MR) is 134 cm³/mol. The third-order valence-electron chi connectivity index (χ3n) is 7.12. The van der Waals surface area contributed by atoms with Crippen LogP contribution >= 0.6 is 0 Å². The number of nitrogens with zero attached hydrogens (tertiary/aromatic N) is 6. The number of alkyl halides is 3. The molecule has 10 heteroatoms. The van der Waals surface area contributed by atoms with Gasteiger partial charge in [0, 0.05) is 38.3 Å². The maximum Gasteiger partial charge on any atom is 0.573 e. The summed E-state index contributed by atoms with van der Waals surface area (Å²) in [4.78, 5) is 4.51. The maximum atomic E-state index is 13.3. The molecule has 1 saturated carbocycles. The van der Waals surface area contributed by atoms with Gasteiger partial charge >= 0.3 is 6.36 Å². The number of piperazine rings is 1. The van der Waals surface area contributed by atoms with Crippen LogP contribution in [0.25, 0.3) is 6.08 Å². The molecule has 5 rings (SSSR count). The summed E-state index contributed by atoms with van der Waals surface area (Å²) < 4.78 is 46.2. The molecule has 1 saturated heterocycles. The average molecular weight is 513 g/mol. The van der Waals surface area contributed by atoms with Crippen LogP contribution in [0.3, 0.4) is 0 Å². The molecule has 3 aromatic rings. The molecule has 2 aromatic carbocycles. The largest absolute Gasteiger partial charge is 0.573 e. The van der Waals surface area contributed by atoms with Crippen LogP contribution in [-0.2, 0) is 0 Å². The topological polar surface area (TPSA) is 59.3 Å². The van der Waals surface area contributed by atoms with Crippen molar-refractivity contribution < 1.29 is 17.9 Å². The van der Waals surface area contributed by atoms with Gasteiger partial charge in [-0.25, -0.2) is 4.68 Å². The quantitative estimate of drug-likeness (QED) is 0.418. The van der Waals surface area contributed by atoms with Gasteiger partial charge in [-0.15, -0.1) is 18.3 Å². The summed E-state index contributed by atoms with van der Waals surface area (Å²) in [6.45, 7) is 3.70. The Balaban J connectivity index is 1.38. The first kappa shape index (κ1) is 25.4. The van der Waals surface area contributed by atoms with Crippen molar-refractivity contribution in [2.45, 2.75) is 44.1 Å². The Morgan fingerprint density at radius 1 is 0.946 bits per heavy atom. The van der Waals surface area contributed by atoms with Gasteiger partial charge in [-0.1, -0.05) is 73.5 Å². The molecular formula is C27H31F3N6O. The molecule has 196 valence electrons. The molecule has 0 bridgehead atoms. The zero-order valence-corrected chi connectivity index (χ0v) is 20.6. The van der Waals surface area contributed by atoms with Crippen molar-refractivity contribution in [3.8, 4) is 5.75 Å². The molecule has 0 spiro atoms. The van der Waals surface area contributed by atoms with Crippen LogP contribution in [-0.4, -0.2) is 69.1 Å². The lowest BCUT2D eigenvalue weighted by Crippen LogP contribution is -2.48. The lowest BCUT2D eigenvalue weighted by Gasteiger charge is -2.39. The van der Waals surface area contributed by atoms with Crippen molar-refractivity contribution in [2.24, 2.45) is 0 Å². The van der Waals surface area contributed by atoms with Crippen LogP contribution in [0.1, 0.15) is 54.7 Å². The Hall–Kier alpha value is -3.24. The van der Waals surface area contributed by atoms with Crippen LogP contribution < -0.4 is 4.74 Å². The molecular weight excluding hydrogens is 481 g/mol. The fraction of sp³-hybridized carbons (Fsp3) is 0.444. The van der Waals surface area contributed by atoms with Crippen molar-refractivity contribution in [1.82, 2.24) is 30.0 Å². The fourth-order valence-corrected chi connectivity index (χ4v) is 5.32. The standard InChI is InChI=1S/C27H31F3N6O/c28-27(29,30)37-24-15-7-6-14-23(24)25(26-31-32-33-36(26)22-12-4-5-13-22)35-19-17-34(18-20-35)16-8-11-21-9-2-1-3-10-21/h1-3,6-11,14-15,22,25H,4-5,12-13,16-20H2/b11-8+. The summed E-state index contributed by atoms with van der Waals surface area (Å²) >= 11 is 0. The van der Waals surface area contributed by atoms with Gasteiger partial charge in [0.25, 0.3) is 0 Å². The molecule has 1 aromatic heterocycles. The summed E-state index contributed by atoms with van der Waals surface area (Å²) in [7, 11) is 0. The van der Waals surface area contributed by atoms with Crippen LogP contribution in [0, 0.1) is 0 Å². The number of halogens is 3. The predicted octanol–water partition coefficient (Wildman–Crippen LogP) is 5.11. The van der Waals surface area contributed by atoms with Gasteiger partial charge in [-0.2, -0.15) is 0 Å². The fourth-order valence-electron chi connectivity index (χ4n) is 5.32. The minimum absolute atomic E-state index is 0.160. The summed E-state index contributed by atoms with van der Waals surface area (Å²) in [5, 5.41) is 12.6. The second kappa shape index (κ2) is 11.4. The van der Waals surface area contributed by atoms with E-state index in [-0.39, 0.29) is 11.8 Å². The first-order chi connectivity index (χ1) is 18.0. The normalized spacial score (nSPS) is 19.0. The van der Waals surface area contributed by atoms with Crippen LogP contribution in [0.4, 0.5) is 13.2 Å². The van der Waals surface area contributed by atoms with Crippen LogP contribution in [0.15, 0.2) is 60.7 Å². The number of aromatic nitrogens is 4. The van der Waals surface area contributed by atoms with E-state index in [9.17, 15) is 13.2 Å². The monoisotopic (exact) mass is 512 g/mol. The summed E-state index contributed by atoms with van der Waals surface area (Å²) in [5.41, 5.74) is 1.58. The highest BCUT2D eigenvalue weighted by molar-refractivity contribution is 5.48. The number of hydrogen-bond acceptors (Lipinski definition) is 6. The molecule has 2 aliphatic rings. The molecule has 7 nitrogen and oxygen atoms in total. The summed E-state index contributed by atoms with van der Waals surface area (Å²) in [6, 6.07) is 16.1. The molecule has 2 heterocycles. The van der Waals surface area contributed by atoms with E-state index in [4.69, 9.17) is 0 Å². The van der Waals surface area contributed by atoms with Crippen molar-refractivity contribution >= 4 is 6.08 Å². The van der Waals surface area contributed by atoms with Gasteiger partial charge in [0.1, 0.15) is 11.8 Å². The second-order valence-electron chi connectivity index (χ2n) is 9.56. The molecule has 0 amide bonds. The van der Waals surface area contributed by atoms with E-state index in [0.29, 0.717) is 24.5 Å². The van der Waals surface area contributed by atoms with Gasteiger partial charge in [-0.05, 0) is 34.9 Å². The SMILES string of the molecule is FC(F)(F)Oc1ccccc1C(c1nnnn1C1CCCC1)N1CCN(C/C=C/c2ccccc2)CC1. The highest BCUT2D eigenvalue weighted by Gasteiger charge is 2.37. The highest BCUT2D eigenvalue weighted by atomic mass is 19.4. The van der Waals surface area contributed by atoms with Crippen molar-refractivity contribution in [1.29, 1.82) is 0 Å². The number of ether oxygens (including phenoxy) is 1. The average Bonchev–Trinajstić information content (AvgIpc) is 3.58. The van der Waals surface area contributed by atoms with E-state index in [1.807, 2.05) is 22.9 Å². The van der Waals surface area contributed by atoms with Gasteiger partial charge in [-0.3, -0.25) is 9.80 Å². The Morgan fingerprint density at radius 2 is 1.65 bits per heavy atom. The Morgan fingerprint density at radius 3 is 2.38 bits per heavy atom. The molecule has 2 fully saturated rings. The lowest BCUT2D eigenvalue weighted by atomic mass is 10.0. The zero-order chi connectivity index (χ0) is 25.7. The van der Waals surface area contributed by atoms with Crippen molar-refractivity contribution in [2.75, 3.05) is 32.7 Å². The molecule has 37 heavy (non-hydrogen) atoms. The molecule has 1 unspecified atom stereocenters. The maximum absolute atomic E-state index is 13.3. The number of benzene rings is 2. The van der Waals surface area contributed by atoms with Crippen molar-refractivity contribution in [3.63, 3.8) is 0 Å². The minimum Gasteiger partial charge on any atom is -0.405 e. The summed E-state index contributed by atoms with van der Waals surface area (Å²) in [5.74, 6) is 0.358. The molecule has 1 aliphatic heterocycles. The van der Waals surface area contributed by atoms with Crippen molar-refractivity contribution in [3.05, 3.63) is 77.6 Å². The lowest BCUT2D eigenvalue weighted by molar-refractivity contribution is -0.275. The summed E-state index contributed by atoms with van der Waals surface area (Å²) in [6.07, 6.45) is 3.59. The van der Waals surface area contributed by atoms with E-state index in [1.165, 1.54) is 6.07 Å². The van der Waals surface area contributed by atoms with E-state index < -0.39 is 12.4 Å². The Labute approximate surface area is 214 Å². The van der Waals surface area contributed by atoms with E-state index in [2.05, 4.69) is 54.3 Å². The van der Waals surface area contributed by atoms with Gasteiger partial charge < -0.3 is 4.74 Å². The zero-order valence-electron chi connectivity index (χ0n) is 20.6. The number of para-hydroxylation sites is 1. The first-order valence-electron chi connectivity index (χ1n) is 12.8. The number of rotatable bonds is 8. The third kappa shape index (κ3) is 6.37.